The molecule has 3 fully saturated rings. The van der Waals surface area contributed by atoms with Crippen molar-refractivity contribution in [2.45, 2.75) is 77.1 Å². The number of hydrogen-bond donors (Lipinski definition) is 3. The maximum atomic E-state index is 10.9. The van der Waals surface area contributed by atoms with Crippen LogP contribution in [-0.2, 0) is 0 Å². The van der Waals surface area contributed by atoms with Crippen LogP contribution in [0.5, 0.6) is 0 Å². The molecule has 0 amide bonds. The molecule has 22 heavy (non-hydrogen) atoms. The summed E-state index contributed by atoms with van der Waals surface area (Å²) in [6, 6.07) is 0. The first-order valence-corrected chi connectivity index (χ1v) is 9.11. The highest BCUT2D eigenvalue weighted by atomic mass is 16.3. The standard InChI is InChI=1S/C19H30O3/c1-18-7-5-12(20)9-11(18)10-15(21)17-13-3-4-16(22)19(13,2)8-6-14(17)18/h9,12-17,20-22H,3-8,10H2,1-2H3/t12-,13-,14-,15?,16-,17-,18-,19-/m0/s1. The van der Waals surface area contributed by atoms with E-state index in [1.165, 1.54) is 5.57 Å². The molecule has 3 nitrogen and oxygen atoms in total. The second-order valence-corrected chi connectivity index (χ2v) is 8.91. The Morgan fingerprint density at radius 3 is 2.50 bits per heavy atom. The van der Waals surface area contributed by atoms with E-state index in [9.17, 15) is 15.3 Å². The minimum Gasteiger partial charge on any atom is -0.393 e. The summed E-state index contributed by atoms with van der Waals surface area (Å²) in [4.78, 5) is 0. The second-order valence-electron chi connectivity index (χ2n) is 8.91. The topological polar surface area (TPSA) is 60.7 Å². The summed E-state index contributed by atoms with van der Waals surface area (Å²) in [7, 11) is 0. The van der Waals surface area contributed by atoms with Gasteiger partial charge in [0.05, 0.1) is 18.3 Å². The van der Waals surface area contributed by atoms with E-state index in [1.807, 2.05) is 6.08 Å². The molecule has 3 N–H and O–H groups in total. The maximum Gasteiger partial charge on any atom is 0.0724 e. The molecule has 0 spiro atoms. The molecular weight excluding hydrogens is 276 g/mol. The van der Waals surface area contributed by atoms with E-state index in [-0.39, 0.29) is 29.1 Å². The molecule has 0 bridgehead atoms. The molecule has 0 aromatic heterocycles. The first kappa shape index (κ1) is 15.2. The van der Waals surface area contributed by atoms with Crippen molar-refractivity contribution in [3.05, 3.63) is 11.6 Å². The SMILES string of the molecule is C[C@]12CC[C@H]3[C@@H](C(O)CC4=C[C@@H](O)CC[C@@]43C)[C@@H]1CC[C@@H]2O. The average Bonchev–Trinajstić information content (AvgIpc) is 2.77. The van der Waals surface area contributed by atoms with Crippen molar-refractivity contribution in [1.29, 1.82) is 0 Å². The van der Waals surface area contributed by atoms with Gasteiger partial charge in [-0.2, -0.15) is 0 Å². The van der Waals surface area contributed by atoms with E-state index in [0.29, 0.717) is 17.8 Å². The van der Waals surface area contributed by atoms with Gasteiger partial charge in [0.1, 0.15) is 0 Å². The van der Waals surface area contributed by atoms with Gasteiger partial charge in [0, 0.05) is 0 Å². The zero-order chi connectivity index (χ0) is 15.7. The first-order valence-electron chi connectivity index (χ1n) is 9.11. The Morgan fingerprint density at radius 2 is 1.73 bits per heavy atom. The van der Waals surface area contributed by atoms with Crippen LogP contribution in [0.2, 0.25) is 0 Å². The molecule has 3 heteroatoms. The summed E-state index contributed by atoms with van der Waals surface area (Å²) in [5, 5.41) is 31.3. The van der Waals surface area contributed by atoms with Crippen molar-refractivity contribution in [2.24, 2.45) is 28.6 Å². The van der Waals surface area contributed by atoms with Gasteiger partial charge >= 0.3 is 0 Å². The number of aliphatic hydroxyl groups excluding tert-OH is 3. The van der Waals surface area contributed by atoms with Gasteiger partial charge in [-0.05, 0) is 73.5 Å². The van der Waals surface area contributed by atoms with Crippen LogP contribution in [0, 0.1) is 28.6 Å². The fourth-order valence-corrected chi connectivity index (χ4v) is 6.65. The highest BCUT2D eigenvalue weighted by molar-refractivity contribution is 5.27. The summed E-state index contributed by atoms with van der Waals surface area (Å²) in [6.45, 7) is 4.61. The summed E-state index contributed by atoms with van der Waals surface area (Å²) in [5.41, 5.74) is 1.45. The largest absolute Gasteiger partial charge is 0.393 e. The molecule has 0 heterocycles. The second kappa shape index (κ2) is 4.81. The third-order valence-corrected chi connectivity index (χ3v) is 8.06. The van der Waals surface area contributed by atoms with Crippen LogP contribution in [0.3, 0.4) is 0 Å². The van der Waals surface area contributed by atoms with Gasteiger partial charge in [0.25, 0.3) is 0 Å². The first-order chi connectivity index (χ1) is 10.4. The zero-order valence-corrected chi connectivity index (χ0v) is 13.8. The van der Waals surface area contributed by atoms with Crippen molar-refractivity contribution < 1.29 is 15.3 Å². The van der Waals surface area contributed by atoms with Crippen LogP contribution < -0.4 is 0 Å². The molecule has 3 saturated carbocycles. The predicted octanol–water partition coefficient (Wildman–Crippen LogP) is 2.64. The van der Waals surface area contributed by atoms with E-state index in [1.54, 1.807) is 0 Å². The molecule has 4 aliphatic carbocycles. The minimum atomic E-state index is -0.325. The Labute approximate surface area is 133 Å². The smallest absolute Gasteiger partial charge is 0.0724 e. The van der Waals surface area contributed by atoms with Crippen LogP contribution in [0.1, 0.15) is 58.8 Å². The zero-order valence-electron chi connectivity index (χ0n) is 13.8. The van der Waals surface area contributed by atoms with Gasteiger partial charge in [-0.15, -0.1) is 0 Å². The molecule has 4 aliphatic rings. The van der Waals surface area contributed by atoms with E-state index in [4.69, 9.17) is 0 Å². The van der Waals surface area contributed by atoms with Crippen LogP contribution in [0.25, 0.3) is 0 Å². The summed E-state index contributed by atoms with van der Waals surface area (Å²) in [5.74, 6) is 1.30. The van der Waals surface area contributed by atoms with Gasteiger partial charge in [0.15, 0.2) is 0 Å². The normalized spacial score (nSPS) is 57.6. The van der Waals surface area contributed by atoms with Crippen LogP contribution in [0.15, 0.2) is 11.6 Å². The minimum absolute atomic E-state index is 0.00784. The quantitative estimate of drug-likeness (QED) is 0.603. The Kier molecular flexibility index (Phi) is 3.32. The monoisotopic (exact) mass is 306 g/mol. The van der Waals surface area contributed by atoms with Crippen LogP contribution in [-0.4, -0.2) is 33.6 Å². The lowest BCUT2D eigenvalue weighted by atomic mass is 9.46. The Balaban J connectivity index is 1.72. The van der Waals surface area contributed by atoms with Gasteiger partial charge < -0.3 is 15.3 Å². The number of rotatable bonds is 0. The Bertz CT molecular complexity index is 501. The van der Waals surface area contributed by atoms with Gasteiger partial charge in [-0.25, -0.2) is 0 Å². The molecular formula is C19H30O3. The number of fused-ring (bicyclic) bond motifs is 5. The van der Waals surface area contributed by atoms with Gasteiger partial charge in [0.2, 0.25) is 0 Å². The van der Waals surface area contributed by atoms with Crippen molar-refractivity contribution in [3.8, 4) is 0 Å². The lowest BCUT2D eigenvalue weighted by Gasteiger charge is -2.59. The third kappa shape index (κ3) is 1.85. The van der Waals surface area contributed by atoms with Crippen molar-refractivity contribution in [2.75, 3.05) is 0 Å². The lowest BCUT2D eigenvalue weighted by Crippen LogP contribution is -2.56. The van der Waals surface area contributed by atoms with Crippen LogP contribution >= 0.6 is 0 Å². The molecule has 0 aromatic carbocycles. The molecule has 1 unspecified atom stereocenters. The number of hydrogen-bond acceptors (Lipinski definition) is 3. The molecule has 0 radical (unpaired) electrons. The summed E-state index contributed by atoms with van der Waals surface area (Å²) < 4.78 is 0. The van der Waals surface area contributed by atoms with Gasteiger partial charge in [-0.3, -0.25) is 0 Å². The fourth-order valence-electron chi connectivity index (χ4n) is 6.65. The van der Waals surface area contributed by atoms with Gasteiger partial charge in [-0.1, -0.05) is 25.5 Å². The van der Waals surface area contributed by atoms with E-state index in [0.717, 1.165) is 44.9 Å². The predicted molar refractivity (Wildman–Crippen MR) is 85.1 cm³/mol. The molecule has 0 aliphatic heterocycles. The van der Waals surface area contributed by atoms with Crippen molar-refractivity contribution in [1.82, 2.24) is 0 Å². The maximum absolute atomic E-state index is 10.9. The van der Waals surface area contributed by atoms with Crippen molar-refractivity contribution >= 4 is 0 Å². The number of aliphatic hydroxyl groups is 3. The molecule has 124 valence electrons. The van der Waals surface area contributed by atoms with E-state index < -0.39 is 0 Å². The third-order valence-electron chi connectivity index (χ3n) is 8.06. The van der Waals surface area contributed by atoms with E-state index in [2.05, 4.69) is 13.8 Å². The molecule has 0 aromatic rings. The fraction of sp³-hybridized carbons (Fsp3) is 0.895. The molecule has 0 saturated heterocycles. The van der Waals surface area contributed by atoms with E-state index >= 15 is 0 Å². The van der Waals surface area contributed by atoms with Crippen LogP contribution in [0.4, 0.5) is 0 Å². The Hall–Kier alpha value is -0.380. The molecule has 4 rings (SSSR count). The highest BCUT2D eigenvalue weighted by Crippen LogP contribution is 2.65. The summed E-state index contributed by atoms with van der Waals surface area (Å²) in [6.07, 6.45) is 7.97. The lowest BCUT2D eigenvalue weighted by molar-refractivity contribution is -0.121. The highest BCUT2D eigenvalue weighted by Gasteiger charge is 2.61. The summed E-state index contributed by atoms with van der Waals surface area (Å²) >= 11 is 0. The Morgan fingerprint density at radius 1 is 0.955 bits per heavy atom. The average molecular weight is 306 g/mol. The van der Waals surface area contributed by atoms with Crippen molar-refractivity contribution in [3.63, 3.8) is 0 Å². The molecule has 8 atom stereocenters.